The van der Waals surface area contributed by atoms with E-state index in [0.717, 1.165) is 6.42 Å². The molecule has 0 spiro atoms. The second kappa shape index (κ2) is 13.8. The summed E-state index contributed by atoms with van der Waals surface area (Å²) in [4.78, 5) is 0. The van der Waals surface area contributed by atoms with E-state index in [1.54, 1.807) is 28.5 Å². The van der Waals surface area contributed by atoms with Crippen molar-refractivity contribution in [1.82, 2.24) is 0 Å². The van der Waals surface area contributed by atoms with Gasteiger partial charge in [0.2, 0.25) is 0 Å². The van der Waals surface area contributed by atoms with E-state index in [2.05, 4.69) is 104 Å². The van der Waals surface area contributed by atoms with Gasteiger partial charge in [0.05, 0.1) is 0 Å². The van der Waals surface area contributed by atoms with Gasteiger partial charge in [-0.3, -0.25) is 6.08 Å². The van der Waals surface area contributed by atoms with Gasteiger partial charge in [0.25, 0.3) is 0 Å². The van der Waals surface area contributed by atoms with Crippen molar-refractivity contribution in [2.24, 2.45) is 0 Å². The standard InChI is InChI=1S/C13H9.C7H8Si.C5H5.2ClH.Zr/c1-3-7-12-10(5-1)9-11-6-2-4-8-13(11)12;1-8-7-5-3-2-4-6-7;1-2-4-5-3-1;;;/h1-9H;2-6H,1H3;1-3H,4H2;2*1H;/q-1;;-1;;;+2. The quantitative estimate of drug-likeness (QED) is 0.191. The van der Waals surface area contributed by atoms with Gasteiger partial charge in [-0.1, -0.05) is 36.4 Å². The molecule has 0 saturated heterocycles. The average molecular weight is 515 g/mol. The normalized spacial score (nSPS) is 10.9. The van der Waals surface area contributed by atoms with Crippen LogP contribution >= 0.6 is 24.8 Å². The molecule has 0 N–H and O–H groups in total. The first-order valence-electron chi connectivity index (χ1n) is 9.11. The van der Waals surface area contributed by atoms with Crippen molar-refractivity contribution in [2.75, 3.05) is 0 Å². The van der Waals surface area contributed by atoms with E-state index < -0.39 is 0 Å². The number of rotatable bonds is 1. The van der Waals surface area contributed by atoms with Crippen LogP contribution in [0.1, 0.15) is 6.42 Å². The Bertz CT molecular complexity index is 1020. The third kappa shape index (κ3) is 7.79. The molecule has 4 aromatic rings. The van der Waals surface area contributed by atoms with Crippen molar-refractivity contribution in [3.63, 3.8) is 0 Å². The summed E-state index contributed by atoms with van der Waals surface area (Å²) >= 11 is 1.69. The smallest absolute Gasteiger partial charge is 0.0771 e. The molecule has 1 aliphatic carbocycles. The zero-order valence-corrected chi connectivity index (χ0v) is 21.4. The van der Waals surface area contributed by atoms with Gasteiger partial charge >= 0.3 is 70.8 Å². The zero-order chi connectivity index (χ0) is 18.9. The van der Waals surface area contributed by atoms with E-state index in [-0.39, 0.29) is 30.2 Å². The third-order valence-electron chi connectivity index (χ3n) is 4.32. The first kappa shape index (κ1) is 25.7. The summed E-state index contributed by atoms with van der Waals surface area (Å²) in [6, 6.07) is 30.0. The van der Waals surface area contributed by atoms with Crippen molar-refractivity contribution in [1.29, 1.82) is 0 Å². The molecule has 4 heteroatoms. The fourth-order valence-corrected chi connectivity index (χ4v) is 4.85. The van der Waals surface area contributed by atoms with Crippen LogP contribution in [0.4, 0.5) is 0 Å². The molecular weight excluding hydrogens is 490 g/mol. The van der Waals surface area contributed by atoms with E-state index in [0.29, 0.717) is 0 Å². The molecular formula is C25H24Cl2SiZr. The Morgan fingerprint density at radius 1 is 0.793 bits per heavy atom. The SMILES string of the molecule is C[Si](=[Zr+2])c1ccccc1.Cl.Cl.[C-]1=CC=CC1.c1ccc2c(c1)[cH-]c1ccccc12. The molecule has 5 rings (SSSR count). The monoisotopic (exact) mass is 512 g/mol. The second-order valence-corrected chi connectivity index (χ2v) is 13.7. The van der Waals surface area contributed by atoms with Crippen LogP contribution in [0.25, 0.3) is 21.5 Å². The minimum absolute atomic E-state index is 0. The average Bonchev–Trinajstić information content (AvgIpc) is 3.41. The fourth-order valence-electron chi connectivity index (χ4n) is 2.93. The van der Waals surface area contributed by atoms with E-state index >= 15 is 0 Å². The van der Waals surface area contributed by atoms with E-state index in [4.69, 9.17) is 0 Å². The Labute approximate surface area is 201 Å². The molecule has 0 nitrogen and oxygen atoms in total. The molecule has 0 radical (unpaired) electrons. The van der Waals surface area contributed by atoms with Gasteiger partial charge in [-0.05, 0) is 0 Å². The summed E-state index contributed by atoms with van der Waals surface area (Å²) in [5.74, 6) is 0. The maximum Gasteiger partial charge on any atom is -0.0771 e. The largest absolute Gasteiger partial charge is 0.273 e. The maximum absolute atomic E-state index is 2.99. The van der Waals surface area contributed by atoms with Crippen LogP contribution in [0.5, 0.6) is 0 Å². The van der Waals surface area contributed by atoms with Crippen LogP contribution in [0.15, 0.2) is 103 Å². The van der Waals surface area contributed by atoms with Gasteiger partial charge in [0.1, 0.15) is 0 Å². The van der Waals surface area contributed by atoms with Crippen molar-refractivity contribution in [2.45, 2.75) is 13.0 Å². The van der Waals surface area contributed by atoms with Gasteiger partial charge in [-0.15, -0.1) is 71.0 Å². The van der Waals surface area contributed by atoms with Crippen LogP contribution in [-0.4, -0.2) is 5.43 Å². The Balaban J connectivity index is 0.000000231. The predicted molar refractivity (Wildman–Crippen MR) is 131 cm³/mol. The number of benzene rings is 3. The first-order chi connectivity index (χ1) is 13.3. The van der Waals surface area contributed by atoms with Gasteiger partial charge in [-0.2, -0.15) is 6.08 Å². The second-order valence-electron chi connectivity index (χ2n) is 6.31. The van der Waals surface area contributed by atoms with Crippen molar-refractivity contribution in [3.8, 4) is 0 Å². The molecule has 1 aliphatic rings. The molecule has 0 aliphatic heterocycles. The molecule has 4 aromatic carbocycles. The molecule has 0 fully saturated rings. The number of fused-ring (bicyclic) bond motifs is 3. The maximum atomic E-state index is 2.99. The van der Waals surface area contributed by atoms with Crippen LogP contribution < -0.4 is 5.19 Å². The van der Waals surface area contributed by atoms with Gasteiger partial charge < -0.3 is 0 Å². The van der Waals surface area contributed by atoms with E-state index in [1.165, 1.54) is 21.5 Å². The summed E-state index contributed by atoms with van der Waals surface area (Å²) in [5, 5.41) is 6.95. The van der Waals surface area contributed by atoms with Crippen molar-refractivity contribution < 1.29 is 23.3 Å². The molecule has 0 amide bonds. The molecule has 0 atom stereocenters. The molecule has 29 heavy (non-hydrogen) atoms. The summed E-state index contributed by atoms with van der Waals surface area (Å²) < 4.78 is 0. The molecule has 146 valence electrons. The topological polar surface area (TPSA) is 0 Å². The summed E-state index contributed by atoms with van der Waals surface area (Å²) in [6.45, 7) is 2.35. The van der Waals surface area contributed by atoms with Crippen LogP contribution in [-0.2, 0) is 23.3 Å². The Hall–Kier alpha value is -1.31. The number of hydrogen-bond acceptors (Lipinski definition) is 0. The van der Waals surface area contributed by atoms with Gasteiger partial charge in [-0.25, -0.2) is 12.2 Å². The molecule has 0 heterocycles. The first-order valence-corrected chi connectivity index (χ1v) is 14.8. The summed E-state index contributed by atoms with van der Waals surface area (Å²) in [7, 11) is 0. The minimum Gasteiger partial charge on any atom is -0.273 e. The van der Waals surface area contributed by atoms with Crippen molar-refractivity contribution >= 4 is 57.0 Å². The Kier molecular flexibility index (Phi) is 12.3. The van der Waals surface area contributed by atoms with E-state index in [9.17, 15) is 0 Å². The molecule has 0 aromatic heterocycles. The number of hydrogen-bond donors (Lipinski definition) is 0. The van der Waals surface area contributed by atoms with Crippen LogP contribution in [0.3, 0.4) is 0 Å². The molecule has 0 bridgehead atoms. The molecule has 0 unspecified atom stereocenters. The number of halogens is 2. The van der Waals surface area contributed by atoms with Gasteiger partial charge in [0, 0.05) is 0 Å². The third-order valence-corrected chi connectivity index (χ3v) is 7.64. The molecule has 0 saturated carbocycles. The summed E-state index contributed by atoms with van der Waals surface area (Å²) in [6.07, 6.45) is 10.0. The predicted octanol–water partition coefficient (Wildman–Crippen LogP) is 6.92. The van der Waals surface area contributed by atoms with Crippen LogP contribution in [0.2, 0.25) is 6.55 Å². The van der Waals surface area contributed by atoms with Crippen LogP contribution in [0, 0.1) is 6.08 Å². The summed E-state index contributed by atoms with van der Waals surface area (Å²) in [5.41, 5.74) is -0.122. The van der Waals surface area contributed by atoms with Crippen molar-refractivity contribution in [3.05, 3.63) is 109 Å². The Morgan fingerprint density at radius 3 is 1.69 bits per heavy atom. The Morgan fingerprint density at radius 2 is 1.31 bits per heavy atom. The zero-order valence-electron chi connectivity index (χ0n) is 16.3. The number of allylic oxidation sites excluding steroid dienone is 4. The fraction of sp³-hybridized carbons (Fsp3) is 0.0800. The van der Waals surface area contributed by atoms with Gasteiger partial charge in [0.15, 0.2) is 0 Å². The van der Waals surface area contributed by atoms with E-state index in [1.807, 2.05) is 12.2 Å². The minimum atomic E-state index is -0.122.